The number of furan rings is 1. The van der Waals surface area contributed by atoms with Crippen LogP contribution in [0.25, 0.3) is 0 Å². The molecule has 122 valence electrons. The molecule has 0 aliphatic rings. The molecule has 0 N–H and O–H groups in total. The molecule has 1 heterocycles. The SMILES string of the molecule is CN(Cc1ccco1)C(=O)COC(=O)Cc1c(Cl)cccc1Cl. The van der Waals surface area contributed by atoms with E-state index in [9.17, 15) is 9.59 Å². The van der Waals surface area contributed by atoms with Crippen molar-refractivity contribution in [3.63, 3.8) is 0 Å². The third-order valence-corrected chi connectivity index (χ3v) is 3.85. The normalized spacial score (nSPS) is 10.4. The van der Waals surface area contributed by atoms with Crippen LogP contribution in [0.1, 0.15) is 11.3 Å². The Morgan fingerprint density at radius 3 is 2.48 bits per heavy atom. The first-order chi connectivity index (χ1) is 11.0. The van der Waals surface area contributed by atoms with Gasteiger partial charge in [0.05, 0.1) is 19.2 Å². The summed E-state index contributed by atoms with van der Waals surface area (Å²) in [6, 6.07) is 8.46. The van der Waals surface area contributed by atoms with Crippen LogP contribution in [0.5, 0.6) is 0 Å². The second kappa shape index (κ2) is 8.04. The maximum atomic E-state index is 11.9. The first kappa shape index (κ1) is 17.4. The van der Waals surface area contributed by atoms with Gasteiger partial charge >= 0.3 is 5.97 Å². The van der Waals surface area contributed by atoms with E-state index < -0.39 is 5.97 Å². The fourth-order valence-corrected chi connectivity index (χ4v) is 2.40. The van der Waals surface area contributed by atoms with Crippen molar-refractivity contribution in [3.8, 4) is 0 Å². The summed E-state index contributed by atoms with van der Waals surface area (Å²) in [5.74, 6) is -0.255. The summed E-state index contributed by atoms with van der Waals surface area (Å²) in [4.78, 5) is 25.2. The predicted octanol–water partition coefficient (Wildman–Crippen LogP) is 3.33. The van der Waals surface area contributed by atoms with Crippen molar-refractivity contribution in [1.82, 2.24) is 4.90 Å². The fraction of sp³-hybridized carbons (Fsp3) is 0.250. The lowest BCUT2D eigenvalue weighted by atomic mass is 10.1. The Labute approximate surface area is 143 Å². The van der Waals surface area contributed by atoms with E-state index in [-0.39, 0.29) is 18.9 Å². The smallest absolute Gasteiger partial charge is 0.310 e. The molecule has 2 aromatic rings. The van der Waals surface area contributed by atoms with Crippen LogP contribution in [0.3, 0.4) is 0 Å². The molecule has 23 heavy (non-hydrogen) atoms. The number of rotatable bonds is 6. The zero-order chi connectivity index (χ0) is 16.8. The first-order valence-corrected chi connectivity index (χ1v) is 7.58. The molecule has 0 radical (unpaired) electrons. The van der Waals surface area contributed by atoms with Gasteiger partial charge in [-0.25, -0.2) is 0 Å². The topological polar surface area (TPSA) is 59.8 Å². The Morgan fingerprint density at radius 1 is 1.17 bits per heavy atom. The van der Waals surface area contributed by atoms with Gasteiger partial charge in [0, 0.05) is 22.7 Å². The molecule has 0 saturated carbocycles. The molecule has 5 nitrogen and oxygen atoms in total. The molecule has 0 fully saturated rings. The Kier molecular flexibility index (Phi) is 6.07. The summed E-state index contributed by atoms with van der Waals surface area (Å²) in [6.07, 6.45) is 1.44. The van der Waals surface area contributed by atoms with Crippen LogP contribution in [-0.4, -0.2) is 30.4 Å². The molecule has 0 saturated heterocycles. The van der Waals surface area contributed by atoms with Crippen molar-refractivity contribution in [1.29, 1.82) is 0 Å². The highest BCUT2D eigenvalue weighted by atomic mass is 35.5. The van der Waals surface area contributed by atoms with E-state index in [1.807, 2.05) is 0 Å². The van der Waals surface area contributed by atoms with Crippen molar-refractivity contribution in [3.05, 3.63) is 58.0 Å². The molecule has 2 rings (SSSR count). The van der Waals surface area contributed by atoms with Crippen LogP contribution in [0, 0.1) is 0 Å². The first-order valence-electron chi connectivity index (χ1n) is 6.82. The number of likely N-dealkylation sites (N-methyl/N-ethyl adjacent to an activating group) is 1. The minimum absolute atomic E-state index is 0.0896. The van der Waals surface area contributed by atoms with Crippen molar-refractivity contribution in [2.75, 3.05) is 13.7 Å². The summed E-state index contributed by atoms with van der Waals surface area (Å²) >= 11 is 12.0. The third-order valence-electron chi connectivity index (χ3n) is 3.14. The monoisotopic (exact) mass is 355 g/mol. The molecule has 0 unspecified atom stereocenters. The average Bonchev–Trinajstić information content (AvgIpc) is 3.01. The summed E-state index contributed by atoms with van der Waals surface area (Å²) in [6.45, 7) is -0.0438. The minimum Gasteiger partial charge on any atom is -0.467 e. The number of benzene rings is 1. The number of nitrogens with zero attached hydrogens (tertiary/aromatic N) is 1. The van der Waals surface area contributed by atoms with Gasteiger partial charge in [0.2, 0.25) is 0 Å². The second-order valence-corrected chi connectivity index (χ2v) is 5.68. The van der Waals surface area contributed by atoms with Gasteiger partial charge in [-0.15, -0.1) is 0 Å². The van der Waals surface area contributed by atoms with Crippen LogP contribution in [0.15, 0.2) is 41.0 Å². The molecule has 0 aliphatic heterocycles. The van der Waals surface area contributed by atoms with Gasteiger partial charge < -0.3 is 14.1 Å². The van der Waals surface area contributed by atoms with E-state index in [0.29, 0.717) is 27.9 Å². The zero-order valence-corrected chi connectivity index (χ0v) is 13.9. The average molecular weight is 356 g/mol. The number of halogens is 2. The standard InChI is InChI=1S/C16H15Cl2NO4/c1-19(9-11-4-3-7-22-11)15(20)10-23-16(21)8-12-13(17)5-2-6-14(12)18/h2-7H,8-10H2,1H3. The fourth-order valence-electron chi connectivity index (χ4n) is 1.87. The second-order valence-electron chi connectivity index (χ2n) is 4.87. The Hall–Kier alpha value is -1.98. The quantitative estimate of drug-likeness (QED) is 0.745. The summed E-state index contributed by atoms with van der Waals surface area (Å²) in [5, 5.41) is 0.770. The number of ether oxygens (including phenoxy) is 1. The summed E-state index contributed by atoms with van der Waals surface area (Å²) in [7, 11) is 1.60. The highest BCUT2D eigenvalue weighted by molar-refractivity contribution is 6.36. The highest BCUT2D eigenvalue weighted by Gasteiger charge is 2.16. The zero-order valence-electron chi connectivity index (χ0n) is 12.4. The molecule has 1 aromatic carbocycles. The van der Waals surface area contributed by atoms with E-state index in [4.69, 9.17) is 32.4 Å². The van der Waals surface area contributed by atoms with Crippen molar-refractivity contribution < 1.29 is 18.7 Å². The molecule has 7 heteroatoms. The Balaban J connectivity index is 1.83. The molecular weight excluding hydrogens is 341 g/mol. The minimum atomic E-state index is -0.570. The lowest BCUT2D eigenvalue weighted by Crippen LogP contribution is -2.31. The molecule has 1 aromatic heterocycles. The number of hydrogen-bond acceptors (Lipinski definition) is 4. The van der Waals surface area contributed by atoms with Gasteiger partial charge in [0.15, 0.2) is 6.61 Å². The molecular formula is C16H15Cl2NO4. The maximum Gasteiger partial charge on any atom is 0.310 e. The van der Waals surface area contributed by atoms with Gasteiger partial charge in [-0.05, 0) is 24.3 Å². The van der Waals surface area contributed by atoms with Crippen molar-refractivity contribution in [2.45, 2.75) is 13.0 Å². The molecule has 0 atom stereocenters. The van der Waals surface area contributed by atoms with E-state index >= 15 is 0 Å². The van der Waals surface area contributed by atoms with Crippen LogP contribution in [-0.2, 0) is 27.3 Å². The predicted molar refractivity (Wildman–Crippen MR) is 86.3 cm³/mol. The molecule has 0 bridgehead atoms. The molecule has 0 aliphatic carbocycles. The van der Waals surface area contributed by atoms with Gasteiger partial charge in [-0.2, -0.15) is 0 Å². The van der Waals surface area contributed by atoms with Crippen LogP contribution >= 0.6 is 23.2 Å². The molecule has 0 spiro atoms. The van der Waals surface area contributed by atoms with E-state index in [0.717, 1.165) is 0 Å². The van der Waals surface area contributed by atoms with E-state index in [1.54, 1.807) is 37.4 Å². The highest BCUT2D eigenvalue weighted by Crippen LogP contribution is 2.24. The summed E-state index contributed by atoms with van der Waals surface area (Å²) in [5.41, 5.74) is 0.484. The van der Waals surface area contributed by atoms with Gasteiger partial charge in [0.25, 0.3) is 5.91 Å². The van der Waals surface area contributed by atoms with Gasteiger partial charge in [-0.1, -0.05) is 29.3 Å². The largest absolute Gasteiger partial charge is 0.467 e. The lowest BCUT2D eigenvalue weighted by Gasteiger charge is -2.15. The number of amides is 1. The molecule has 1 amide bonds. The third kappa shape index (κ3) is 5.01. The summed E-state index contributed by atoms with van der Waals surface area (Å²) < 4.78 is 10.1. The maximum absolute atomic E-state index is 11.9. The van der Waals surface area contributed by atoms with Gasteiger partial charge in [-0.3, -0.25) is 9.59 Å². The number of esters is 1. The number of carbonyl (C=O) groups is 2. The Morgan fingerprint density at radius 2 is 1.87 bits per heavy atom. The lowest BCUT2D eigenvalue weighted by molar-refractivity contribution is -0.151. The number of hydrogen-bond donors (Lipinski definition) is 0. The van der Waals surface area contributed by atoms with Gasteiger partial charge in [0.1, 0.15) is 5.76 Å². The van der Waals surface area contributed by atoms with Crippen molar-refractivity contribution in [2.24, 2.45) is 0 Å². The van der Waals surface area contributed by atoms with Crippen LogP contribution in [0.4, 0.5) is 0 Å². The van der Waals surface area contributed by atoms with E-state index in [1.165, 1.54) is 11.2 Å². The van der Waals surface area contributed by atoms with Crippen molar-refractivity contribution >= 4 is 35.1 Å². The van der Waals surface area contributed by atoms with Crippen LogP contribution < -0.4 is 0 Å². The Bertz CT molecular complexity index is 665. The van der Waals surface area contributed by atoms with Crippen LogP contribution in [0.2, 0.25) is 10.0 Å². The van der Waals surface area contributed by atoms with E-state index in [2.05, 4.69) is 0 Å². The number of carbonyl (C=O) groups excluding carboxylic acids is 2.